The molecule has 5 aromatic rings. The second-order valence-electron chi connectivity index (χ2n) is 6.70. The van der Waals surface area contributed by atoms with Crippen molar-refractivity contribution in [3.63, 3.8) is 0 Å². The van der Waals surface area contributed by atoms with Crippen molar-refractivity contribution in [3.8, 4) is 16.8 Å². The Bertz CT molecular complexity index is 1340. The summed E-state index contributed by atoms with van der Waals surface area (Å²) < 4.78 is 23.3. The van der Waals surface area contributed by atoms with Gasteiger partial charge >= 0.3 is 0 Å². The quantitative estimate of drug-likeness (QED) is 0.386. The molecule has 0 aliphatic carbocycles. The minimum absolute atomic E-state index is 0.411. The highest BCUT2D eigenvalue weighted by atomic mass is 32.2. The zero-order valence-electron chi connectivity index (χ0n) is 14.9. The lowest BCUT2D eigenvalue weighted by Gasteiger charge is -2.10. The molecule has 28 heavy (non-hydrogen) atoms. The summed E-state index contributed by atoms with van der Waals surface area (Å²) in [5.41, 5.74) is 5.47. The van der Waals surface area contributed by atoms with Crippen molar-refractivity contribution in [2.45, 2.75) is 4.90 Å². The number of aromatic nitrogens is 1. The number of hydrogen-bond donors (Lipinski definition) is 1. The van der Waals surface area contributed by atoms with Crippen molar-refractivity contribution in [1.29, 1.82) is 0 Å². The van der Waals surface area contributed by atoms with Gasteiger partial charge in [-0.25, -0.2) is 4.21 Å². The molecule has 0 aliphatic heterocycles. The first-order valence-electron chi connectivity index (χ1n) is 9.02. The lowest BCUT2D eigenvalue weighted by Crippen LogP contribution is -1.94. The van der Waals surface area contributed by atoms with Gasteiger partial charge in [-0.3, -0.25) is 0 Å². The molecule has 4 heteroatoms. The average Bonchev–Trinajstić information content (AvgIpc) is 3.08. The average molecular weight is 383 g/mol. The molecular formula is C24H17NO2S. The van der Waals surface area contributed by atoms with Gasteiger partial charge in [-0.2, -0.15) is 0 Å². The predicted octanol–water partition coefficient (Wildman–Crippen LogP) is 6.03. The second kappa shape index (κ2) is 6.75. The van der Waals surface area contributed by atoms with E-state index in [9.17, 15) is 8.76 Å². The van der Waals surface area contributed by atoms with Crippen LogP contribution in [0.3, 0.4) is 0 Å². The van der Waals surface area contributed by atoms with E-state index in [0.717, 1.165) is 33.1 Å². The van der Waals surface area contributed by atoms with Crippen molar-refractivity contribution in [3.05, 3.63) is 97.1 Å². The smallest absolute Gasteiger partial charge is 0.186 e. The van der Waals surface area contributed by atoms with E-state index in [4.69, 9.17) is 0 Å². The summed E-state index contributed by atoms with van der Waals surface area (Å²) in [6, 6.07) is 32.4. The van der Waals surface area contributed by atoms with E-state index in [-0.39, 0.29) is 0 Å². The summed E-state index contributed by atoms with van der Waals surface area (Å²) in [5, 5.41) is 2.04. The molecule has 0 fully saturated rings. The molecule has 1 heterocycles. The molecule has 3 nitrogen and oxygen atoms in total. The van der Waals surface area contributed by atoms with Gasteiger partial charge in [0, 0.05) is 16.5 Å². The van der Waals surface area contributed by atoms with E-state index in [2.05, 4.69) is 53.1 Å². The lowest BCUT2D eigenvalue weighted by atomic mass is 10.1. The zero-order valence-corrected chi connectivity index (χ0v) is 15.8. The topological polar surface area (TPSA) is 42.2 Å². The maximum atomic E-state index is 11.6. The van der Waals surface area contributed by atoms with Gasteiger partial charge in [-0.05, 0) is 47.5 Å². The van der Waals surface area contributed by atoms with Crippen LogP contribution in [0.25, 0.3) is 38.6 Å². The van der Waals surface area contributed by atoms with Gasteiger partial charge in [0.25, 0.3) is 0 Å². The molecule has 0 radical (unpaired) electrons. The Balaban J connectivity index is 1.80. The van der Waals surface area contributed by atoms with Crippen LogP contribution in [-0.4, -0.2) is 13.3 Å². The summed E-state index contributed by atoms with van der Waals surface area (Å²) >= 11 is -2.00. The molecule has 1 atom stereocenters. The van der Waals surface area contributed by atoms with Crippen LogP contribution in [0, 0.1) is 0 Å². The standard InChI is InChI=1S/C24H17NO2S/c26-28(27)20-13-14-24-22(16-20)21-11-4-5-12-23(21)25(24)19-10-6-9-18(15-19)17-7-2-1-3-8-17/h1-16H,(H,26,27). The van der Waals surface area contributed by atoms with Gasteiger partial charge < -0.3 is 9.12 Å². The minimum Gasteiger partial charge on any atom is -0.309 e. The summed E-state index contributed by atoms with van der Waals surface area (Å²) in [7, 11) is 0. The zero-order chi connectivity index (χ0) is 19.1. The molecule has 136 valence electrons. The number of benzene rings is 4. The number of hydrogen-bond acceptors (Lipinski definition) is 1. The van der Waals surface area contributed by atoms with Crippen LogP contribution in [0.1, 0.15) is 0 Å². The molecule has 0 aliphatic rings. The third-order valence-corrected chi connectivity index (χ3v) is 5.71. The molecule has 4 aromatic carbocycles. The fourth-order valence-corrected chi connectivity index (χ4v) is 4.20. The summed E-state index contributed by atoms with van der Waals surface area (Å²) in [6.45, 7) is 0. The Morgan fingerprint density at radius 1 is 0.643 bits per heavy atom. The Morgan fingerprint density at radius 3 is 2.18 bits per heavy atom. The van der Waals surface area contributed by atoms with Gasteiger partial charge in [0.1, 0.15) is 0 Å². The Hall–Kier alpha value is -3.21. The predicted molar refractivity (Wildman–Crippen MR) is 115 cm³/mol. The van der Waals surface area contributed by atoms with Crippen LogP contribution in [0.5, 0.6) is 0 Å². The second-order valence-corrected chi connectivity index (χ2v) is 7.67. The maximum Gasteiger partial charge on any atom is 0.186 e. The highest BCUT2D eigenvalue weighted by molar-refractivity contribution is 7.79. The van der Waals surface area contributed by atoms with E-state index in [1.807, 2.05) is 42.5 Å². The Labute approximate surface area is 165 Å². The molecule has 1 N–H and O–H groups in total. The van der Waals surface area contributed by atoms with Gasteiger partial charge in [0.05, 0.1) is 15.9 Å². The molecule has 1 aromatic heterocycles. The van der Waals surface area contributed by atoms with Crippen LogP contribution in [0.2, 0.25) is 0 Å². The monoisotopic (exact) mass is 383 g/mol. The molecular weight excluding hydrogens is 366 g/mol. The Morgan fingerprint density at radius 2 is 1.36 bits per heavy atom. The van der Waals surface area contributed by atoms with Gasteiger partial charge in [-0.1, -0.05) is 60.7 Å². The van der Waals surface area contributed by atoms with Crippen molar-refractivity contribution in [2.24, 2.45) is 0 Å². The highest BCUT2D eigenvalue weighted by Crippen LogP contribution is 2.34. The van der Waals surface area contributed by atoms with E-state index in [1.165, 1.54) is 5.56 Å². The first-order chi connectivity index (χ1) is 13.7. The summed E-state index contributed by atoms with van der Waals surface area (Å²) in [6.07, 6.45) is 0. The molecule has 5 rings (SSSR count). The van der Waals surface area contributed by atoms with Crippen LogP contribution >= 0.6 is 0 Å². The number of fused-ring (bicyclic) bond motifs is 3. The third kappa shape index (κ3) is 2.74. The molecule has 0 bridgehead atoms. The highest BCUT2D eigenvalue weighted by Gasteiger charge is 2.14. The lowest BCUT2D eigenvalue weighted by molar-refractivity contribution is 0.564. The van der Waals surface area contributed by atoms with E-state index < -0.39 is 11.1 Å². The van der Waals surface area contributed by atoms with E-state index in [1.54, 1.807) is 6.07 Å². The SMILES string of the molecule is O=S(O)c1ccc2c(c1)c1ccccc1n2-c1cccc(-c2ccccc2)c1. The van der Waals surface area contributed by atoms with Gasteiger partial charge in [0.15, 0.2) is 11.1 Å². The van der Waals surface area contributed by atoms with Crippen LogP contribution in [-0.2, 0) is 11.1 Å². The van der Waals surface area contributed by atoms with Gasteiger partial charge in [0.2, 0.25) is 0 Å². The number of nitrogens with zero attached hydrogens (tertiary/aromatic N) is 1. The van der Waals surface area contributed by atoms with Crippen molar-refractivity contribution < 1.29 is 8.76 Å². The third-order valence-electron chi connectivity index (χ3n) is 5.06. The van der Waals surface area contributed by atoms with Crippen molar-refractivity contribution >= 4 is 32.9 Å². The molecule has 0 amide bonds. The first kappa shape index (κ1) is 16.9. The number of rotatable bonds is 3. The molecule has 0 saturated heterocycles. The number of para-hydroxylation sites is 1. The molecule has 0 saturated carbocycles. The minimum atomic E-state index is -2.00. The summed E-state index contributed by atoms with van der Waals surface area (Å²) in [5.74, 6) is 0. The van der Waals surface area contributed by atoms with E-state index in [0.29, 0.717) is 4.90 Å². The summed E-state index contributed by atoms with van der Waals surface area (Å²) in [4.78, 5) is 0.411. The molecule has 1 unspecified atom stereocenters. The largest absolute Gasteiger partial charge is 0.309 e. The van der Waals surface area contributed by atoms with Crippen molar-refractivity contribution in [1.82, 2.24) is 4.57 Å². The van der Waals surface area contributed by atoms with Crippen molar-refractivity contribution in [2.75, 3.05) is 0 Å². The van der Waals surface area contributed by atoms with Crippen LogP contribution < -0.4 is 0 Å². The molecule has 0 spiro atoms. The fraction of sp³-hybridized carbons (Fsp3) is 0. The fourth-order valence-electron chi connectivity index (χ4n) is 3.79. The van der Waals surface area contributed by atoms with Crippen LogP contribution in [0.4, 0.5) is 0 Å². The Kier molecular flexibility index (Phi) is 4.08. The normalized spacial score (nSPS) is 12.5. The van der Waals surface area contributed by atoms with Gasteiger partial charge in [-0.15, -0.1) is 0 Å². The van der Waals surface area contributed by atoms with E-state index >= 15 is 0 Å². The first-order valence-corrected chi connectivity index (χ1v) is 10.1. The van der Waals surface area contributed by atoms with Crippen LogP contribution in [0.15, 0.2) is 102 Å². The maximum absolute atomic E-state index is 11.6.